The number of carbonyl (C=O) groups is 2. The van der Waals surface area contributed by atoms with Gasteiger partial charge in [-0.2, -0.15) is 0 Å². The third-order valence-electron chi connectivity index (χ3n) is 7.12. The largest absolute Gasteiger partial charge is 0.274 e. The Kier molecular flexibility index (Phi) is 3.57. The lowest BCUT2D eigenvalue weighted by atomic mass is 9.55. The van der Waals surface area contributed by atoms with Crippen molar-refractivity contribution in [3.8, 4) is 0 Å². The van der Waals surface area contributed by atoms with Crippen LogP contribution in [0, 0.1) is 25.7 Å². The first kappa shape index (κ1) is 18.1. The van der Waals surface area contributed by atoms with Gasteiger partial charge in [-0.1, -0.05) is 76.6 Å². The average Bonchev–Trinajstić information content (AvgIpc) is 3.02. The minimum atomic E-state index is -0.696. The van der Waals surface area contributed by atoms with Gasteiger partial charge in [-0.25, -0.2) is 4.90 Å². The van der Waals surface area contributed by atoms with Crippen LogP contribution in [0.25, 0.3) is 0 Å². The number of carbonyl (C=O) groups excluding carboxylic acids is 2. The van der Waals surface area contributed by atoms with Crippen molar-refractivity contribution in [2.45, 2.75) is 24.1 Å². The molecule has 0 N–H and O–H groups in total. The number of hydrogen-bond acceptors (Lipinski definition) is 2. The molecule has 0 saturated carbocycles. The number of halogens is 1. The number of hydrogen-bond donors (Lipinski definition) is 0. The van der Waals surface area contributed by atoms with E-state index in [0.717, 1.165) is 33.4 Å². The summed E-state index contributed by atoms with van der Waals surface area (Å²) < 4.78 is -0.696. The summed E-state index contributed by atoms with van der Waals surface area (Å²) in [6, 6.07) is 22.4. The second-order valence-electron chi connectivity index (χ2n) is 8.67. The van der Waals surface area contributed by atoms with E-state index in [0.29, 0.717) is 5.69 Å². The normalized spacial score (nSPS) is 28.4. The van der Waals surface area contributed by atoms with Gasteiger partial charge in [0, 0.05) is 5.92 Å². The van der Waals surface area contributed by atoms with Crippen molar-refractivity contribution in [1.29, 1.82) is 0 Å². The van der Waals surface area contributed by atoms with Crippen LogP contribution in [0.4, 0.5) is 5.69 Å². The van der Waals surface area contributed by atoms with Gasteiger partial charge in [-0.05, 0) is 53.3 Å². The summed E-state index contributed by atoms with van der Waals surface area (Å²) in [6.45, 7) is 3.95. The lowest BCUT2D eigenvalue weighted by Crippen LogP contribution is -2.50. The van der Waals surface area contributed by atoms with E-state index < -0.39 is 16.2 Å². The lowest BCUT2D eigenvalue weighted by molar-refractivity contribution is -0.122. The Morgan fingerprint density at radius 2 is 1.43 bits per heavy atom. The van der Waals surface area contributed by atoms with Crippen molar-refractivity contribution < 1.29 is 9.59 Å². The molecule has 0 aromatic heterocycles. The van der Waals surface area contributed by atoms with Crippen molar-refractivity contribution >= 4 is 33.4 Å². The predicted octanol–water partition coefficient (Wildman–Crippen LogP) is 5.21. The fourth-order valence-electron chi connectivity index (χ4n) is 5.88. The second kappa shape index (κ2) is 5.92. The van der Waals surface area contributed by atoms with Crippen LogP contribution in [0.2, 0.25) is 0 Å². The van der Waals surface area contributed by atoms with Crippen LogP contribution in [-0.2, 0) is 13.9 Å². The maximum atomic E-state index is 13.9. The minimum Gasteiger partial charge on any atom is -0.274 e. The second-order valence-corrected chi connectivity index (χ2v) is 9.92. The van der Waals surface area contributed by atoms with Gasteiger partial charge in [0.2, 0.25) is 11.8 Å². The molecule has 3 aliphatic carbocycles. The Morgan fingerprint density at radius 1 is 0.833 bits per heavy atom. The minimum absolute atomic E-state index is 0.0865. The molecule has 2 amide bonds. The van der Waals surface area contributed by atoms with Gasteiger partial charge in [0.25, 0.3) is 0 Å². The third kappa shape index (κ3) is 2.00. The molecule has 2 atom stereocenters. The number of nitrogens with zero attached hydrogens (tertiary/aromatic N) is 1. The molecule has 4 aliphatic rings. The molecule has 3 aromatic rings. The smallest absolute Gasteiger partial charge is 0.239 e. The van der Waals surface area contributed by atoms with E-state index >= 15 is 0 Å². The number of benzene rings is 3. The van der Waals surface area contributed by atoms with Gasteiger partial charge in [-0.15, -0.1) is 0 Å². The fraction of sp³-hybridized carbons (Fsp3) is 0.231. The van der Waals surface area contributed by atoms with E-state index in [1.165, 1.54) is 4.90 Å². The monoisotopic (exact) mass is 457 g/mol. The Morgan fingerprint density at radius 3 is 2.07 bits per heavy atom. The van der Waals surface area contributed by atoms with Crippen molar-refractivity contribution in [2.75, 3.05) is 4.90 Å². The first-order valence-electron chi connectivity index (χ1n) is 10.3. The molecule has 1 fully saturated rings. The van der Waals surface area contributed by atoms with Crippen LogP contribution in [0.1, 0.15) is 39.3 Å². The molecule has 1 aliphatic heterocycles. The van der Waals surface area contributed by atoms with Crippen LogP contribution >= 0.6 is 15.9 Å². The lowest BCUT2D eigenvalue weighted by Gasteiger charge is -2.51. The van der Waals surface area contributed by atoms with E-state index in [2.05, 4.69) is 40.2 Å². The topological polar surface area (TPSA) is 37.4 Å². The van der Waals surface area contributed by atoms with Crippen molar-refractivity contribution in [3.05, 3.63) is 100 Å². The van der Waals surface area contributed by atoms with E-state index in [1.807, 2.05) is 56.3 Å². The van der Waals surface area contributed by atoms with Gasteiger partial charge >= 0.3 is 0 Å². The first-order valence-corrected chi connectivity index (χ1v) is 11.1. The Balaban J connectivity index is 1.63. The number of aryl methyl sites for hydroxylation is 2. The summed E-state index contributed by atoms with van der Waals surface area (Å²) in [4.78, 5) is 29.2. The number of anilines is 1. The molecule has 3 nitrogen and oxygen atoms in total. The Hall–Kier alpha value is -2.72. The maximum Gasteiger partial charge on any atom is 0.239 e. The standard InChI is InChI=1S/C26H20BrNO2/c1-14-11-12-15(2)20(13-14)28-24(29)22-21-16-7-3-5-9-18(16)26(27,23(22)25(28)30)19-10-6-4-8-17(19)21/h3-13,21-23H,1-2H3/t21?,22-,23+,26?/m0/s1. The average molecular weight is 458 g/mol. The highest BCUT2D eigenvalue weighted by Gasteiger charge is 2.67. The molecule has 2 bridgehead atoms. The summed E-state index contributed by atoms with van der Waals surface area (Å²) in [6.07, 6.45) is 0. The number of rotatable bonds is 1. The van der Waals surface area contributed by atoms with E-state index in [-0.39, 0.29) is 17.7 Å². The molecule has 30 heavy (non-hydrogen) atoms. The summed E-state index contributed by atoms with van der Waals surface area (Å²) in [7, 11) is 0. The van der Waals surface area contributed by atoms with Gasteiger partial charge < -0.3 is 0 Å². The molecule has 4 heteroatoms. The van der Waals surface area contributed by atoms with Crippen LogP contribution in [0.15, 0.2) is 66.7 Å². The molecule has 0 unspecified atom stereocenters. The van der Waals surface area contributed by atoms with Crippen LogP contribution in [-0.4, -0.2) is 11.8 Å². The van der Waals surface area contributed by atoms with E-state index in [4.69, 9.17) is 0 Å². The van der Waals surface area contributed by atoms with Crippen LogP contribution < -0.4 is 4.90 Å². The van der Waals surface area contributed by atoms with Gasteiger partial charge in [0.15, 0.2) is 0 Å². The summed E-state index contributed by atoms with van der Waals surface area (Å²) in [5.41, 5.74) is 7.21. The van der Waals surface area contributed by atoms with Crippen LogP contribution in [0.5, 0.6) is 0 Å². The highest BCUT2D eigenvalue weighted by atomic mass is 79.9. The van der Waals surface area contributed by atoms with Gasteiger partial charge in [0.1, 0.15) is 0 Å². The molecule has 0 radical (unpaired) electrons. The van der Waals surface area contributed by atoms with Gasteiger partial charge in [-0.3, -0.25) is 9.59 Å². The molecule has 3 aromatic carbocycles. The van der Waals surface area contributed by atoms with Crippen LogP contribution in [0.3, 0.4) is 0 Å². The summed E-state index contributed by atoms with van der Waals surface area (Å²) in [5, 5.41) is 0. The third-order valence-corrected chi connectivity index (χ3v) is 8.47. The first-order chi connectivity index (χ1) is 14.4. The van der Waals surface area contributed by atoms with E-state index in [9.17, 15) is 9.59 Å². The molecule has 0 spiro atoms. The SMILES string of the molecule is Cc1ccc(C)c(N2C(=O)[C@H]3C4c5ccccc5C(Br)(c5ccccc54)[C@H]3C2=O)c1. The highest BCUT2D eigenvalue weighted by Crippen LogP contribution is 2.66. The Labute approximate surface area is 183 Å². The molecule has 1 saturated heterocycles. The van der Waals surface area contributed by atoms with E-state index in [1.54, 1.807) is 0 Å². The molecular formula is C26H20BrNO2. The van der Waals surface area contributed by atoms with Crippen molar-refractivity contribution in [3.63, 3.8) is 0 Å². The number of imide groups is 1. The number of amides is 2. The summed E-state index contributed by atoms with van der Waals surface area (Å²) in [5.74, 6) is -1.16. The van der Waals surface area contributed by atoms with Crippen molar-refractivity contribution in [2.24, 2.45) is 11.8 Å². The maximum absolute atomic E-state index is 13.9. The predicted molar refractivity (Wildman–Crippen MR) is 120 cm³/mol. The molecule has 1 heterocycles. The zero-order valence-corrected chi connectivity index (χ0v) is 18.3. The van der Waals surface area contributed by atoms with Crippen molar-refractivity contribution in [1.82, 2.24) is 0 Å². The zero-order chi connectivity index (χ0) is 20.8. The number of alkyl halides is 1. The quantitative estimate of drug-likeness (QED) is 0.371. The molecule has 148 valence electrons. The molecular weight excluding hydrogens is 438 g/mol. The highest BCUT2D eigenvalue weighted by molar-refractivity contribution is 9.09. The summed E-state index contributed by atoms with van der Waals surface area (Å²) >= 11 is 4.04. The Bertz CT molecular complexity index is 1220. The van der Waals surface area contributed by atoms with Gasteiger partial charge in [0.05, 0.1) is 21.8 Å². The molecule has 7 rings (SSSR count). The zero-order valence-electron chi connectivity index (χ0n) is 16.7. The fourth-order valence-corrected chi connectivity index (χ4v) is 7.08.